The lowest BCUT2D eigenvalue weighted by Gasteiger charge is -2.10. The normalized spacial score (nSPS) is 10.2. The van der Waals surface area contributed by atoms with Gasteiger partial charge < -0.3 is 15.5 Å². The molecule has 19 heavy (non-hydrogen) atoms. The SMILES string of the molecule is C=CCc1cc(N)ccc1Oc1cc(=O)[nH]c(C)n1. The second-order valence-electron chi connectivity index (χ2n) is 4.13. The molecule has 0 amide bonds. The molecule has 0 fully saturated rings. The molecule has 0 aliphatic heterocycles. The van der Waals surface area contributed by atoms with Crippen LogP contribution in [0.4, 0.5) is 5.69 Å². The van der Waals surface area contributed by atoms with Crippen molar-refractivity contribution in [3.8, 4) is 11.6 Å². The Morgan fingerprint density at radius 2 is 2.26 bits per heavy atom. The van der Waals surface area contributed by atoms with Crippen molar-refractivity contribution in [2.24, 2.45) is 0 Å². The van der Waals surface area contributed by atoms with Crippen LogP contribution in [0.2, 0.25) is 0 Å². The molecule has 0 bridgehead atoms. The molecule has 0 radical (unpaired) electrons. The Hall–Kier alpha value is -2.56. The van der Waals surface area contributed by atoms with Gasteiger partial charge in [-0.15, -0.1) is 6.58 Å². The van der Waals surface area contributed by atoms with Gasteiger partial charge in [-0.3, -0.25) is 4.79 Å². The maximum Gasteiger partial charge on any atom is 0.254 e. The monoisotopic (exact) mass is 257 g/mol. The third-order valence-electron chi connectivity index (χ3n) is 2.50. The van der Waals surface area contributed by atoms with Crippen LogP contribution in [0.25, 0.3) is 0 Å². The molecule has 2 aromatic rings. The van der Waals surface area contributed by atoms with Crippen LogP contribution in [0.1, 0.15) is 11.4 Å². The lowest BCUT2D eigenvalue weighted by molar-refractivity contribution is 0.454. The van der Waals surface area contributed by atoms with Crippen LogP contribution in [-0.4, -0.2) is 9.97 Å². The van der Waals surface area contributed by atoms with Crippen LogP contribution < -0.4 is 16.0 Å². The third kappa shape index (κ3) is 3.22. The number of allylic oxidation sites excluding steroid dienone is 1. The molecule has 0 saturated heterocycles. The van der Waals surface area contributed by atoms with Crippen molar-refractivity contribution >= 4 is 5.69 Å². The Labute approximate surface area is 110 Å². The summed E-state index contributed by atoms with van der Waals surface area (Å²) in [7, 11) is 0. The number of hydrogen-bond acceptors (Lipinski definition) is 4. The van der Waals surface area contributed by atoms with Crippen LogP contribution in [0.3, 0.4) is 0 Å². The summed E-state index contributed by atoms with van der Waals surface area (Å²) in [6.07, 6.45) is 2.39. The van der Waals surface area contributed by atoms with Crippen LogP contribution in [0, 0.1) is 6.92 Å². The first kappa shape index (κ1) is 12.9. The number of H-pyrrole nitrogens is 1. The van der Waals surface area contributed by atoms with Crippen molar-refractivity contribution < 1.29 is 4.74 Å². The number of hydrogen-bond donors (Lipinski definition) is 2. The first-order chi connectivity index (χ1) is 9.08. The van der Waals surface area contributed by atoms with Crippen molar-refractivity contribution in [3.63, 3.8) is 0 Å². The number of anilines is 1. The number of aryl methyl sites for hydroxylation is 1. The Balaban J connectivity index is 2.37. The van der Waals surface area contributed by atoms with Gasteiger partial charge in [0, 0.05) is 11.3 Å². The average Bonchev–Trinajstić information content (AvgIpc) is 2.32. The molecule has 0 saturated carbocycles. The fraction of sp³-hybridized carbons (Fsp3) is 0.143. The van der Waals surface area contributed by atoms with Gasteiger partial charge in [0.2, 0.25) is 5.88 Å². The topological polar surface area (TPSA) is 81.0 Å². The van der Waals surface area contributed by atoms with Crippen molar-refractivity contribution in [2.45, 2.75) is 13.3 Å². The summed E-state index contributed by atoms with van der Waals surface area (Å²) in [6, 6.07) is 6.62. The van der Waals surface area contributed by atoms with E-state index in [1.165, 1.54) is 6.07 Å². The van der Waals surface area contributed by atoms with Crippen LogP contribution in [0.5, 0.6) is 11.6 Å². The van der Waals surface area contributed by atoms with Gasteiger partial charge in [0.15, 0.2) is 0 Å². The maximum atomic E-state index is 11.4. The summed E-state index contributed by atoms with van der Waals surface area (Å²) in [5, 5.41) is 0. The lowest BCUT2D eigenvalue weighted by atomic mass is 10.1. The van der Waals surface area contributed by atoms with E-state index in [4.69, 9.17) is 10.5 Å². The molecule has 98 valence electrons. The standard InChI is InChI=1S/C14H15N3O2/c1-3-4-10-7-11(15)5-6-12(10)19-14-8-13(18)16-9(2)17-14/h3,5-8H,1,4,15H2,2H3,(H,16,17,18). The highest BCUT2D eigenvalue weighted by atomic mass is 16.5. The largest absolute Gasteiger partial charge is 0.438 e. The van der Waals surface area contributed by atoms with E-state index in [9.17, 15) is 4.79 Å². The molecule has 3 N–H and O–H groups in total. The molecular weight excluding hydrogens is 242 g/mol. The number of aromatic amines is 1. The zero-order chi connectivity index (χ0) is 13.8. The summed E-state index contributed by atoms with van der Waals surface area (Å²) < 4.78 is 5.64. The van der Waals surface area contributed by atoms with Crippen molar-refractivity contribution in [3.05, 3.63) is 58.7 Å². The number of benzene rings is 1. The van der Waals surface area contributed by atoms with Crippen molar-refractivity contribution in [2.75, 3.05) is 5.73 Å². The van der Waals surface area contributed by atoms with Gasteiger partial charge in [0.05, 0.1) is 6.07 Å². The highest BCUT2D eigenvalue weighted by molar-refractivity contribution is 5.49. The van der Waals surface area contributed by atoms with E-state index in [1.54, 1.807) is 25.1 Å². The minimum Gasteiger partial charge on any atom is -0.438 e. The van der Waals surface area contributed by atoms with E-state index in [0.717, 1.165) is 5.56 Å². The molecule has 1 aromatic heterocycles. The van der Waals surface area contributed by atoms with E-state index in [1.807, 2.05) is 6.07 Å². The smallest absolute Gasteiger partial charge is 0.254 e. The quantitative estimate of drug-likeness (QED) is 0.649. The number of nitrogens with two attached hydrogens (primary N) is 1. The highest BCUT2D eigenvalue weighted by Crippen LogP contribution is 2.26. The summed E-state index contributed by atoms with van der Waals surface area (Å²) in [5.41, 5.74) is 7.04. The zero-order valence-electron chi connectivity index (χ0n) is 10.6. The molecule has 2 rings (SSSR count). The minimum atomic E-state index is -0.247. The lowest BCUT2D eigenvalue weighted by Crippen LogP contribution is -2.08. The Morgan fingerprint density at radius 3 is 2.95 bits per heavy atom. The fourth-order valence-electron chi connectivity index (χ4n) is 1.73. The van der Waals surface area contributed by atoms with Crippen molar-refractivity contribution in [1.29, 1.82) is 0 Å². The average molecular weight is 257 g/mol. The Bertz CT molecular complexity index is 662. The fourth-order valence-corrected chi connectivity index (χ4v) is 1.73. The first-order valence-corrected chi connectivity index (χ1v) is 5.83. The van der Waals surface area contributed by atoms with E-state index < -0.39 is 0 Å². The van der Waals surface area contributed by atoms with Crippen LogP contribution in [0.15, 0.2) is 41.7 Å². The summed E-state index contributed by atoms with van der Waals surface area (Å²) >= 11 is 0. The minimum absolute atomic E-state index is 0.247. The van der Waals surface area contributed by atoms with Crippen LogP contribution in [-0.2, 0) is 6.42 Å². The predicted octanol–water partition coefficient (Wildman–Crippen LogP) is 2.18. The summed E-state index contributed by atoms with van der Waals surface area (Å²) in [6.45, 7) is 5.39. The van der Waals surface area contributed by atoms with E-state index in [2.05, 4.69) is 16.5 Å². The molecule has 5 nitrogen and oxygen atoms in total. The molecule has 0 aliphatic rings. The highest BCUT2D eigenvalue weighted by Gasteiger charge is 2.06. The van der Waals surface area contributed by atoms with Gasteiger partial charge in [0.1, 0.15) is 11.6 Å². The number of ether oxygens (including phenoxy) is 1. The van der Waals surface area contributed by atoms with Gasteiger partial charge in [0.25, 0.3) is 5.56 Å². The zero-order valence-corrected chi connectivity index (χ0v) is 10.6. The molecule has 1 aromatic carbocycles. The van der Waals surface area contributed by atoms with E-state index in [-0.39, 0.29) is 11.4 Å². The number of nitrogens with one attached hydrogen (secondary N) is 1. The molecule has 0 aliphatic carbocycles. The molecule has 1 heterocycles. The number of rotatable bonds is 4. The second-order valence-corrected chi connectivity index (χ2v) is 4.13. The Morgan fingerprint density at radius 1 is 1.47 bits per heavy atom. The van der Waals surface area contributed by atoms with E-state index in [0.29, 0.717) is 23.7 Å². The van der Waals surface area contributed by atoms with Gasteiger partial charge in [-0.25, -0.2) is 4.98 Å². The Kier molecular flexibility index (Phi) is 3.66. The summed E-state index contributed by atoms with van der Waals surface area (Å²) in [4.78, 5) is 18.0. The van der Waals surface area contributed by atoms with Gasteiger partial charge >= 0.3 is 0 Å². The number of aromatic nitrogens is 2. The summed E-state index contributed by atoms with van der Waals surface area (Å²) in [5.74, 6) is 1.38. The number of nitrogens with zero attached hydrogens (tertiary/aromatic N) is 1. The molecule has 0 atom stereocenters. The predicted molar refractivity (Wildman–Crippen MR) is 74.4 cm³/mol. The molecule has 0 spiro atoms. The third-order valence-corrected chi connectivity index (χ3v) is 2.50. The van der Waals surface area contributed by atoms with Crippen molar-refractivity contribution in [1.82, 2.24) is 9.97 Å². The van der Waals surface area contributed by atoms with Gasteiger partial charge in [-0.2, -0.15) is 0 Å². The second kappa shape index (κ2) is 5.39. The molecule has 0 unspecified atom stereocenters. The maximum absolute atomic E-state index is 11.4. The number of nitrogen functional groups attached to an aromatic ring is 1. The van der Waals surface area contributed by atoms with Crippen LogP contribution >= 0.6 is 0 Å². The van der Waals surface area contributed by atoms with E-state index >= 15 is 0 Å². The van der Waals surface area contributed by atoms with Gasteiger partial charge in [-0.1, -0.05) is 6.08 Å². The molecular formula is C14H15N3O2. The first-order valence-electron chi connectivity index (χ1n) is 5.83. The van der Waals surface area contributed by atoms with Gasteiger partial charge in [-0.05, 0) is 31.5 Å². The molecule has 5 heteroatoms.